The summed E-state index contributed by atoms with van der Waals surface area (Å²) >= 11 is 0. The number of methoxy groups -OCH3 is 1. The van der Waals surface area contributed by atoms with E-state index >= 15 is 0 Å². The van der Waals surface area contributed by atoms with Gasteiger partial charge in [-0.25, -0.2) is 8.42 Å². The molecule has 1 aromatic carbocycles. The molecule has 0 aromatic heterocycles. The summed E-state index contributed by atoms with van der Waals surface area (Å²) in [7, 11) is -1.27. The van der Waals surface area contributed by atoms with Crippen molar-refractivity contribution in [3.05, 3.63) is 35.9 Å². The fraction of sp³-hybridized carbons (Fsp3) is 0.600. The number of ether oxygens (including phenoxy) is 1. The molecule has 2 heterocycles. The van der Waals surface area contributed by atoms with Crippen LogP contribution in [-0.2, 0) is 9.84 Å². The zero-order valence-corrected chi connectivity index (χ0v) is 16.8. The fourth-order valence-electron chi connectivity index (χ4n) is 4.06. The van der Waals surface area contributed by atoms with Crippen LogP contribution in [0.5, 0.6) is 5.75 Å². The van der Waals surface area contributed by atoms with E-state index in [-0.39, 0.29) is 12.1 Å². The number of sulfone groups is 1. The number of piperazine rings is 1. The SMILES string of the molecule is COc1ccc(/C=C/CN2CCN(CC(C)C)[C@@H]3CS(=O)(=O)C[C@@H]32)cc1. The minimum atomic E-state index is -2.94. The average Bonchev–Trinajstić information content (AvgIpc) is 2.93. The van der Waals surface area contributed by atoms with Crippen molar-refractivity contribution >= 4 is 15.9 Å². The molecule has 144 valence electrons. The topological polar surface area (TPSA) is 49.9 Å². The fourth-order valence-corrected chi connectivity index (χ4v) is 6.10. The van der Waals surface area contributed by atoms with Gasteiger partial charge in [0.15, 0.2) is 9.84 Å². The maximum Gasteiger partial charge on any atom is 0.153 e. The molecule has 1 aromatic rings. The highest BCUT2D eigenvalue weighted by atomic mass is 32.2. The van der Waals surface area contributed by atoms with E-state index in [9.17, 15) is 8.42 Å². The molecule has 3 rings (SSSR count). The molecule has 0 bridgehead atoms. The molecule has 6 heteroatoms. The van der Waals surface area contributed by atoms with Gasteiger partial charge in [0, 0.05) is 38.3 Å². The monoisotopic (exact) mass is 378 g/mol. The van der Waals surface area contributed by atoms with E-state index in [0.717, 1.165) is 37.5 Å². The van der Waals surface area contributed by atoms with E-state index in [1.807, 2.05) is 24.3 Å². The third kappa shape index (κ3) is 4.67. The lowest BCUT2D eigenvalue weighted by Gasteiger charge is -2.44. The molecule has 2 atom stereocenters. The second-order valence-corrected chi connectivity index (χ2v) is 9.92. The summed E-state index contributed by atoms with van der Waals surface area (Å²) in [6, 6.07) is 8.21. The molecular formula is C20H30N2O3S. The molecule has 2 aliphatic rings. The third-order valence-electron chi connectivity index (χ3n) is 5.27. The largest absolute Gasteiger partial charge is 0.497 e. The summed E-state index contributed by atoms with van der Waals surface area (Å²) in [5.74, 6) is 2.01. The normalized spacial score (nSPS) is 26.5. The van der Waals surface area contributed by atoms with Gasteiger partial charge < -0.3 is 4.74 Å². The van der Waals surface area contributed by atoms with Crippen LogP contribution >= 0.6 is 0 Å². The van der Waals surface area contributed by atoms with Crippen molar-refractivity contribution in [1.29, 1.82) is 0 Å². The summed E-state index contributed by atoms with van der Waals surface area (Å²) in [6.45, 7) is 8.04. The average molecular weight is 379 g/mol. The van der Waals surface area contributed by atoms with Crippen LogP contribution in [0.3, 0.4) is 0 Å². The number of hydrogen-bond donors (Lipinski definition) is 0. The first-order valence-electron chi connectivity index (χ1n) is 9.37. The second kappa shape index (κ2) is 8.11. The maximum atomic E-state index is 12.2. The lowest BCUT2D eigenvalue weighted by atomic mass is 10.0. The van der Waals surface area contributed by atoms with Gasteiger partial charge in [0.2, 0.25) is 0 Å². The van der Waals surface area contributed by atoms with Crippen molar-refractivity contribution in [2.45, 2.75) is 25.9 Å². The Morgan fingerprint density at radius 1 is 1.12 bits per heavy atom. The van der Waals surface area contributed by atoms with Gasteiger partial charge in [-0.05, 0) is 23.6 Å². The van der Waals surface area contributed by atoms with E-state index in [2.05, 4.69) is 35.8 Å². The molecule has 0 radical (unpaired) electrons. The first-order valence-corrected chi connectivity index (χ1v) is 11.2. The Balaban J connectivity index is 1.65. The van der Waals surface area contributed by atoms with E-state index in [1.54, 1.807) is 7.11 Å². The molecular weight excluding hydrogens is 348 g/mol. The van der Waals surface area contributed by atoms with Gasteiger partial charge in [-0.2, -0.15) is 0 Å². The first kappa shape index (κ1) is 19.4. The molecule has 0 amide bonds. The Morgan fingerprint density at radius 3 is 2.35 bits per heavy atom. The molecule has 0 saturated carbocycles. The van der Waals surface area contributed by atoms with Crippen LogP contribution in [0.25, 0.3) is 6.08 Å². The van der Waals surface area contributed by atoms with E-state index < -0.39 is 9.84 Å². The highest BCUT2D eigenvalue weighted by Gasteiger charge is 2.46. The highest BCUT2D eigenvalue weighted by Crippen LogP contribution is 2.27. The smallest absolute Gasteiger partial charge is 0.153 e. The molecule has 2 fully saturated rings. The minimum Gasteiger partial charge on any atom is -0.497 e. The van der Waals surface area contributed by atoms with Crippen molar-refractivity contribution < 1.29 is 13.2 Å². The zero-order chi connectivity index (χ0) is 18.7. The van der Waals surface area contributed by atoms with Gasteiger partial charge in [0.25, 0.3) is 0 Å². The Bertz CT molecular complexity index is 728. The number of benzene rings is 1. The summed E-state index contributed by atoms with van der Waals surface area (Å²) in [6.07, 6.45) is 4.24. The molecule has 5 nitrogen and oxygen atoms in total. The van der Waals surface area contributed by atoms with Crippen LogP contribution in [-0.4, -0.2) is 75.1 Å². The van der Waals surface area contributed by atoms with Gasteiger partial charge >= 0.3 is 0 Å². The Labute approximate surface area is 157 Å². The van der Waals surface area contributed by atoms with E-state index in [4.69, 9.17) is 4.74 Å². The first-order chi connectivity index (χ1) is 12.4. The molecule has 26 heavy (non-hydrogen) atoms. The van der Waals surface area contributed by atoms with Crippen molar-refractivity contribution in [3.63, 3.8) is 0 Å². The Kier molecular flexibility index (Phi) is 6.05. The Morgan fingerprint density at radius 2 is 1.73 bits per heavy atom. The molecule has 0 spiro atoms. The van der Waals surface area contributed by atoms with E-state index in [1.165, 1.54) is 0 Å². The summed E-state index contributed by atoms with van der Waals surface area (Å²) in [5.41, 5.74) is 1.12. The standard InChI is InChI=1S/C20H30N2O3S/c1-16(2)13-22-12-11-21(19-14-26(23,24)15-20(19)22)10-4-5-17-6-8-18(25-3)9-7-17/h4-9,16,19-20H,10-15H2,1-3H3/b5-4+/t19-,20+/m0/s1. The zero-order valence-electron chi connectivity index (χ0n) is 16.0. The number of hydrogen-bond acceptors (Lipinski definition) is 5. The van der Waals surface area contributed by atoms with Crippen molar-refractivity contribution in [1.82, 2.24) is 9.80 Å². The highest BCUT2D eigenvalue weighted by molar-refractivity contribution is 7.91. The van der Waals surface area contributed by atoms with Gasteiger partial charge in [-0.15, -0.1) is 0 Å². The van der Waals surface area contributed by atoms with Crippen LogP contribution in [0.15, 0.2) is 30.3 Å². The molecule has 0 unspecified atom stereocenters. The molecule has 0 N–H and O–H groups in total. The van der Waals surface area contributed by atoms with Crippen molar-refractivity contribution in [2.24, 2.45) is 5.92 Å². The predicted octanol–water partition coefficient (Wildman–Crippen LogP) is 2.15. The van der Waals surface area contributed by atoms with E-state index in [0.29, 0.717) is 17.4 Å². The molecule has 2 saturated heterocycles. The molecule has 2 aliphatic heterocycles. The van der Waals surface area contributed by atoms with Crippen LogP contribution in [0.2, 0.25) is 0 Å². The minimum absolute atomic E-state index is 0.119. The number of fused-ring (bicyclic) bond motifs is 1. The summed E-state index contributed by atoms with van der Waals surface area (Å²) in [5, 5.41) is 0. The van der Waals surface area contributed by atoms with Gasteiger partial charge in [-0.3, -0.25) is 9.80 Å². The van der Waals surface area contributed by atoms with Crippen molar-refractivity contribution in [2.75, 3.05) is 44.8 Å². The lowest BCUT2D eigenvalue weighted by Crippen LogP contribution is -2.59. The number of nitrogens with zero attached hydrogens (tertiary/aromatic N) is 2. The van der Waals surface area contributed by atoms with Gasteiger partial charge in [0.05, 0.1) is 18.6 Å². The maximum absolute atomic E-state index is 12.2. The van der Waals surface area contributed by atoms with Crippen molar-refractivity contribution in [3.8, 4) is 5.75 Å². The summed E-state index contributed by atoms with van der Waals surface area (Å²) < 4.78 is 29.7. The lowest BCUT2D eigenvalue weighted by molar-refractivity contribution is 0.0458. The molecule has 0 aliphatic carbocycles. The number of rotatable bonds is 6. The van der Waals surface area contributed by atoms with Crippen LogP contribution < -0.4 is 4.74 Å². The van der Waals surface area contributed by atoms with Gasteiger partial charge in [0.1, 0.15) is 5.75 Å². The predicted molar refractivity (Wildman–Crippen MR) is 106 cm³/mol. The second-order valence-electron chi connectivity index (χ2n) is 7.77. The Hall–Kier alpha value is -1.37. The van der Waals surface area contributed by atoms with Crippen LogP contribution in [0.1, 0.15) is 19.4 Å². The third-order valence-corrected chi connectivity index (χ3v) is 6.97. The quantitative estimate of drug-likeness (QED) is 0.759. The van der Waals surface area contributed by atoms with Gasteiger partial charge in [-0.1, -0.05) is 38.1 Å². The van der Waals surface area contributed by atoms with Crippen LogP contribution in [0, 0.1) is 5.92 Å². The summed E-state index contributed by atoms with van der Waals surface area (Å²) in [4.78, 5) is 4.73. The van der Waals surface area contributed by atoms with Crippen LogP contribution in [0.4, 0.5) is 0 Å².